The van der Waals surface area contributed by atoms with E-state index in [2.05, 4.69) is 5.32 Å². The lowest BCUT2D eigenvalue weighted by Gasteiger charge is -2.13. The molecule has 0 bridgehead atoms. The van der Waals surface area contributed by atoms with E-state index in [1.54, 1.807) is 12.1 Å². The number of amides is 1. The molecule has 2 aromatic carbocycles. The van der Waals surface area contributed by atoms with Gasteiger partial charge in [0.2, 0.25) is 0 Å². The Bertz CT molecular complexity index is 714. The van der Waals surface area contributed by atoms with Crippen LogP contribution < -0.4 is 5.32 Å². The number of benzene rings is 2. The third-order valence-electron chi connectivity index (χ3n) is 3.57. The van der Waals surface area contributed by atoms with Crippen LogP contribution in [0.3, 0.4) is 0 Å². The Morgan fingerprint density at radius 1 is 0.960 bits per heavy atom. The molecule has 0 aliphatic carbocycles. The van der Waals surface area contributed by atoms with Crippen LogP contribution in [-0.2, 0) is 27.2 Å². The highest BCUT2D eigenvalue weighted by Crippen LogP contribution is 2.06. The van der Waals surface area contributed by atoms with Crippen LogP contribution in [0.5, 0.6) is 0 Å². The molecule has 1 atom stereocenters. The first-order valence-corrected chi connectivity index (χ1v) is 7.90. The van der Waals surface area contributed by atoms with Crippen molar-refractivity contribution in [2.45, 2.75) is 25.9 Å². The van der Waals surface area contributed by atoms with Crippen molar-refractivity contribution in [2.75, 3.05) is 6.54 Å². The van der Waals surface area contributed by atoms with Gasteiger partial charge >= 0.3 is 5.97 Å². The third-order valence-corrected chi connectivity index (χ3v) is 3.57. The van der Waals surface area contributed by atoms with Gasteiger partial charge < -0.3 is 10.1 Å². The summed E-state index contributed by atoms with van der Waals surface area (Å²) in [5.74, 6) is -1.66. The predicted molar refractivity (Wildman–Crippen MR) is 88.8 cm³/mol. The van der Waals surface area contributed by atoms with E-state index >= 15 is 0 Å². The lowest BCUT2D eigenvalue weighted by Crippen LogP contribution is -2.37. The second-order valence-electron chi connectivity index (χ2n) is 5.60. The van der Waals surface area contributed by atoms with Gasteiger partial charge in [-0.05, 0) is 48.7 Å². The van der Waals surface area contributed by atoms with Crippen molar-refractivity contribution in [2.24, 2.45) is 0 Å². The van der Waals surface area contributed by atoms with E-state index in [-0.39, 0.29) is 18.1 Å². The summed E-state index contributed by atoms with van der Waals surface area (Å²) in [6.07, 6.45) is -0.420. The monoisotopic (exact) mass is 347 g/mol. The Morgan fingerprint density at radius 2 is 1.48 bits per heavy atom. The first kappa shape index (κ1) is 18.6. The molecule has 0 saturated heterocycles. The van der Waals surface area contributed by atoms with Gasteiger partial charge in [0.1, 0.15) is 11.6 Å². The fourth-order valence-electron chi connectivity index (χ4n) is 2.19. The summed E-state index contributed by atoms with van der Waals surface area (Å²) in [6.45, 7) is 1.83. The molecule has 0 heterocycles. The molecule has 0 fully saturated rings. The molecule has 0 aliphatic heterocycles. The Kier molecular flexibility index (Phi) is 6.62. The zero-order valence-corrected chi connectivity index (χ0v) is 13.8. The Labute approximate surface area is 144 Å². The van der Waals surface area contributed by atoms with Crippen LogP contribution in [0.1, 0.15) is 18.1 Å². The summed E-state index contributed by atoms with van der Waals surface area (Å²) in [5, 5.41) is 2.66. The van der Waals surface area contributed by atoms with Gasteiger partial charge in [0, 0.05) is 6.54 Å². The molecule has 2 rings (SSSR count). The lowest BCUT2D eigenvalue weighted by molar-refractivity contribution is -0.154. The van der Waals surface area contributed by atoms with Crippen molar-refractivity contribution in [3.63, 3.8) is 0 Å². The van der Waals surface area contributed by atoms with Crippen LogP contribution in [0.25, 0.3) is 0 Å². The van der Waals surface area contributed by atoms with Crippen molar-refractivity contribution >= 4 is 11.9 Å². The van der Waals surface area contributed by atoms with Gasteiger partial charge in [0.05, 0.1) is 6.42 Å². The molecule has 2 aromatic rings. The minimum absolute atomic E-state index is 0.0342. The lowest BCUT2D eigenvalue weighted by atomic mass is 10.1. The zero-order chi connectivity index (χ0) is 18.2. The average Bonchev–Trinajstić information content (AvgIpc) is 2.58. The van der Waals surface area contributed by atoms with Crippen molar-refractivity contribution in [3.8, 4) is 0 Å². The largest absolute Gasteiger partial charge is 0.452 e. The molecule has 0 saturated carbocycles. The molecule has 0 aromatic heterocycles. The Morgan fingerprint density at radius 3 is 2.04 bits per heavy atom. The van der Waals surface area contributed by atoms with E-state index in [9.17, 15) is 18.4 Å². The maximum atomic E-state index is 12.8. The molecule has 1 amide bonds. The first-order valence-electron chi connectivity index (χ1n) is 7.90. The second kappa shape index (κ2) is 8.92. The number of nitrogens with one attached hydrogen (secondary N) is 1. The normalized spacial score (nSPS) is 11.6. The van der Waals surface area contributed by atoms with Gasteiger partial charge in [-0.15, -0.1) is 0 Å². The molecular weight excluding hydrogens is 328 g/mol. The highest BCUT2D eigenvalue weighted by atomic mass is 19.1. The van der Waals surface area contributed by atoms with Crippen molar-refractivity contribution in [1.82, 2.24) is 5.32 Å². The van der Waals surface area contributed by atoms with Gasteiger partial charge in [-0.3, -0.25) is 9.59 Å². The Balaban J connectivity index is 1.72. The van der Waals surface area contributed by atoms with Crippen molar-refractivity contribution < 1.29 is 23.1 Å². The van der Waals surface area contributed by atoms with Crippen LogP contribution >= 0.6 is 0 Å². The molecule has 25 heavy (non-hydrogen) atoms. The molecule has 4 nitrogen and oxygen atoms in total. The highest BCUT2D eigenvalue weighted by Gasteiger charge is 2.17. The number of ether oxygens (including phenoxy) is 1. The molecule has 0 aliphatic rings. The molecule has 0 spiro atoms. The Hall–Kier alpha value is -2.76. The smallest absolute Gasteiger partial charge is 0.311 e. The molecule has 1 N–H and O–H groups in total. The van der Waals surface area contributed by atoms with Crippen LogP contribution in [0.15, 0.2) is 48.5 Å². The number of halogens is 2. The molecule has 0 unspecified atom stereocenters. The average molecular weight is 347 g/mol. The van der Waals surface area contributed by atoms with Gasteiger partial charge in [-0.1, -0.05) is 24.3 Å². The SMILES string of the molecule is C[C@H](OC(=O)Cc1ccc(F)cc1)C(=O)NCCc1ccc(F)cc1. The topological polar surface area (TPSA) is 55.4 Å². The van der Waals surface area contributed by atoms with Gasteiger partial charge in [-0.2, -0.15) is 0 Å². The summed E-state index contributed by atoms with van der Waals surface area (Å²) < 4.78 is 30.7. The summed E-state index contributed by atoms with van der Waals surface area (Å²) in [5.41, 5.74) is 1.50. The second-order valence-corrected chi connectivity index (χ2v) is 5.60. The van der Waals surface area contributed by atoms with Crippen LogP contribution in [0.4, 0.5) is 8.78 Å². The summed E-state index contributed by atoms with van der Waals surface area (Å²) in [7, 11) is 0. The van der Waals surface area contributed by atoms with E-state index in [4.69, 9.17) is 4.74 Å². The molecule has 132 valence electrons. The standard InChI is InChI=1S/C19H19F2NO3/c1-13(25-18(23)12-15-4-8-17(21)9-5-15)19(24)22-11-10-14-2-6-16(20)7-3-14/h2-9,13H,10-12H2,1H3,(H,22,24)/t13-/m0/s1. The number of hydrogen-bond acceptors (Lipinski definition) is 3. The summed E-state index contributed by atoms with van der Waals surface area (Å²) in [6, 6.07) is 11.5. The number of carbonyl (C=O) groups excluding carboxylic acids is 2. The fourth-order valence-corrected chi connectivity index (χ4v) is 2.19. The van der Waals surface area contributed by atoms with E-state index in [1.807, 2.05) is 0 Å². The molecule has 6 heteroatoms. The van der Waals surface area contributed by atoms with Gasteiger partial charge in [0.25, 0.3) is 5.91 Å². The van der Waals surface area contributed by atoms with Crippen LogP contribution in [-0.4, -0.2) is 24.5 Å². The summed E-state index contributed by atoms with van der Waals surface area (Å²) >= 11 is 0. The maximum absolute atomic E-state index is 12.8. The molecular formula is C19H19F2NO3. The first-order chi connectivity index (χ1) is 11.9. The third kappa shape index (κ3) is 6.33. The number of hydrogen-bond donors (Lipinski definition) is 1. The predicted octanol–water partition coefficient (Wildman–Crippen LogP) is 2.80. The zero-order valence-electron chi connectivity index (χ0n) is 13.8. The number of esters is 1. The minimum Gasteiger partial charge on any atom is -0.452 e. The molecule has 0 radical (unpaired) electrons. The van der Waals surface area contributed by atoms with Crippen molar-refractivity contribution in [1.29, 1.82) is 0 Å². The van der Waals surface area contributed by atoms with E-state index in [0.717, 1.165) is 5.56 Å². The quantitative estimate of drug-likeness (QED) is 0.784. The van der Waals surface area contributed by atoms with Gasteiger partial charge in [0.15, 0.2) is 6.10 Å². The van der Waals surface area contributed by atoms with Gasteiger partial charge in [-0.25, -0.2) is 8.78 Å². The van der Waals surface area contributed by atoms with Crippen LogP contribution in [0.2, 0.25) is 0 Å². The highest BCUT2D eigenvalue weighted by molar-refractivity contribution is 5.83. The maximum Gasteiger partial charge on any atom is 0.311 e. The van der Waals surface area contributed by atoms with Crippen LogP contribution in [0, 0.1) is 11.6 Å². The number of carbonyl (C=O) groups is 2. The summed E-state index contributed by atoms with van der Waals surface area (Å²) in [4.78, 5) is 23.7. The van der Waals surface area contributed by atoms with E-state index in [0.29, 0.717) is 18.5 Å². The van der Waals surface area contributed by atoms with E-state index < -0.39 is 18.0 Å². The van der Waals surface area contributed by atoms with E-state index in [1.165, 1.54) is 43.3 Å². The minimum atomic E-state index is -0.929. The van der Waals surface area contributed by atoms with Crippen molar-refractivity contribution in [3.05, 3.63) is 71.3 Å². The number of rotatable bonds is 7. The fraction of sp³-hybridized carbons (Fsp3) is 0.263.